The fourth-order valence-electron chi connectivity index (χ4n) is 2.98. The number of sulfonamides is 1. The molecule has 0 amide bonds. The monoisotopic (exact) mass is 385 g/mol. The number of hydrogen-bond donors (Lipinski definition) is 0. The van der Waals surface area contributed by atoms with Crippen LogP contribution in [0, 0.1) is 0 Å². The molecule has 0 unspecified atom stereocenters. The Bertz CT molecular complexity index is 984. The fraction of sp³-hybridized carbons (Fsp3) is 0.278. The molecule has 8 nitrogen and oxygen atoms in total. The molecule has 3 heterocycles. The smallest absolute Gasteiger partial charge is 0.243 e. The minimum atomic E-state index is -3.44. The Morgan fingerprint density at radius 1 is 0.963 bits per heavy atom. The highest BCUT2D eigenvalue weighted by molar-refractivity contribution is 7.89. The van der Waals surface area contributed by atoms with Gasteiger partial charge in [0.2, 0.25) is 21.7 Å². The summed E-state index contributed by atoms with van der Waals surface area (Å²) in [6, 6.07) is 14.0. The lowest BCUT2D eigenvalue weighted by atomic mass is 10.3. The van der Waals surface area contributed by atoms with Crippen molar-refractivity contribution in [2.45, 2.75) is 11.4 Å². The molecule has 140 valence electrons. The third-order valence-electron chi connectivity index (χ3n) is 4.43. The van der Waals surface area contributed by atoms with Gasteiger partial charge in [0.15, 0.2) is 0 Å². The summed E-state index contributed by atoms with van der Waals surface area (Å²) in [5, 5.41) is 3.96. The van der Waals surface area contributed by atoms with Crippen molar-refractivity contribution in [2.24, 2.45) is 0 Å². The van der Waals surface area contributed by atoms with Crippen LogP contribution in [0.5, 0.6) is 0 Å². The number of rotatable bonds is 5. The van der Waals surface area contributed by atoms with E-state index in [1.165, 1.54) is 4.31 Å². The largest absolute Gasteiger partial charge is 0.337 e. The zero-order valence-corrected chi connectivity index (χ0v) is 15.4. The lowest BCUT2D eigenvalue weighted by molar-refractivity contribution is 0.163. The van der Waals surface area contributed by atoms with Gasteiger partial charge in [-0.2, -0.15) is 9.29 Å². The third-order valence-corrected chi connectivity index (χ3v) is 6.35. The molecule has 0 atom stereocenters. The summed E-state index contributed by atoms with van der Waals surface area (Å²) in [4.78, 5) is 11.0. The Labute approximate surface area is 157 Å². The van der Waals surface area contributed by atoms with E-state index < -0.39 is 10.0 Å². The average Bonchev–Trinajstić information content (AvgIpc) is 3.18. The van der Waals surface area contributed by atoms with Gasteiger partial charge in [-0.3, -0.25) is 9.88 Å². The number of benzene rings is 1. The van der Waals surface area contributed by atoms with Gasteiger partial charge in [0, 0.05) is 32.4 Å². The standard InChI is InChI=1S/C18H19N5O3S/c24-27(25,15-6-2-1-3-7-15)23-12-10-22(11-13-23)14-17-20-18(21-26-17)16-8-4-5-9-19-16/h1-9H,10-14H2. The second-order valence-corrected chi connectivity index (χ2v) is 8.16. The molecular formula is C18H19N5O3S. The minimum Gasteiger partial charge on any atom is -0.337 e. The Morgan fingerprint density at radius 2 is 1.70 bits per heavy atom. The Hall–Kier alpha value is -2.62. The quantitative estimate of drug-likeness (QED) is 0.659. The SMILES string of the molecule is O=S(=O)(c1ccccc1)N1CCN(Cc2nc(-c3ccccn3)no2)CC1. The normalized spacial score (nSPS) is 16.4. The molecule has 2 aromatic heterocycles. The molecule has 1 aromatic carbocycles. The summed E-state index contributed by atoms with van der Waals surface area (Å²) in [5.41, 5.74) is 0.659. The van der Waals surface area contributed by atoms with Gasteiger partial charge in [-0.25, -0.2) is 8.42 Å². The van der Waals surface area contributed by atoms with Gasteiger partial charge >= 0.3 is 0 Å². The zero-order chi connectivity index (χ0) is 18.7. The van der Waals surface area contributed by atoms with Crippen LogP contribution in [0.4, 0.5) is 0 Å². The van der Waals surface area contributed by atoms with Gasteiger partial charge < -0.3 is 4.52 Å². The van der Waals surface area contributed by atoms with Crippen LogP contribution in [-0.2, 0) is 16.6 Å². The highest BCUT2D eigenvalue weighted by atomic mass is 32.2. The third kappa shape index (κ3) is 3.90. The van der Waals surface area contributed by atoms with Crippen LogP contribution >= 0.6 is 0 Å². The van der Waals surface area contributed by atoms with E-state index >= 15 is 0 Å². The first-order valence-corrected chi connectivity index (χ1v) is 10.1. The predicted octanol–water partition coefficient (Wildman–Crippen LogP) is 1.64. The topological polar surface area (TPSA) is 92.4 Å². The molecule has 0 aliphatic carbocycles. The van der Waals surface area contributed by atoms with Gasteiger partial charge in [-0.1, -0.05) is 29.4 Å². The van der Waals surface area contributed by atoms with Gasteiger partial charge in [0.1, 0.15) is 5.69 Å². The Balaban J connectivity index is 1.37. The molecule has 0 bridgehead atoms. The molecule has 0 saturated carbocycles. The van der Waals surface area contributed by atoms with Crippen molar-refractivity contribution < 1.29 is 12.9 Å². The number of piperazine rings is 1. The van der Waals surface area contributed by atoms with E-state index in [1.807, 2.05) is 18.2 Å². The highest BCUT2D eigenvalue weighted by Crippen LogP contribution is 2.18. The average molecular weight is 385 g/mol. The molecule has 9 heteroatoms. The maximum Gasteiger partial charge on any atom is 0.243 e. The highest BCUT2D eigenvalue weighted by Gasteiger charge is 2.28. The minimum absolute atomic E-state index is 0.329. The van der Waals surface area contributed by atoms with Crippen LogP contribution in [0.25, 0.3) is 11.5 Å². The van der Waals surface area contributed by atoms with Gasteiger partial charge in [-0.05, 0) is 24.3 Å². The van der Waals surface area contributed by atoms with Crippen LogP contribution in [-0.4, -0.2) is 58.9 Å². The summed E-state index contributed by atoms with van der Waals surface area (Å²) in [7, 11) is -3.44. The van der Waals surface area contributed by atoms with E-state index in [2.05, 4.69) is 20.0 Å². The van der Waals surface area contributed by atoms with E-state index in [0.717, 1.165) is 0 Å². The first kappa shape index (κ1) is 17.8. The maximum atomic E-state index is 12.7. The van der Waals surface area contributed by atoms with E-state index in [-0.39, 0.29) is 0 Å². The van der Waals surface area contributed by atoms with Crippen molar-refractivity contribution in [1.82, 2.24) is 24.3 Å². The van der Waals surface area contributed by atoms with Crippen LogP contribution in [0.1, 0.15) is 5.89 Å². The molecule has 1 fully saturated rings. The molecule has 1 aliphatic rings. The first-order chi connectivity index (χ1) is 13.1. The van der Waals surface area contributed by atoms with Gasteiger partial charge in [0.05, 0.1) is 11.4 Å². The van der Waals surface area contributed by atoms with Crippen molar-refractivity contribution in [1.29, 1.82) is 0 Å². The van der Waals surface area contributed by atoms with E-state index in [4.69, 9.17) is 4.52 Å². The van der Waals surface area contributed by atoms with Crippen molar-refractivity contribution >= 4 is 10.0 Å². The van der Waals surface area contributed by atoms with Crippen LogP contribution < -0.4 is 0 Å². The summed E-state index contributed by atoms with van der Waals surface area (Å²) in [6.07, 6.45) is 1.68. The Kier molecular flexibility index (Phi) is 4.97. The number of nitrogens with zero attached hydrogens (tertiary/aromatic N) is 5. The molecule has 27 heavy (non-hydrogen) atoms. The van der Waals surface area contributed by atoms with E-state index in [0.29, 0.717) is 55.0 Å². The van der Waals surface area contributed by atoms with Crippen LogP contribution in [0.3, 0.4) is 0 Å². The summed E-state index contributed by atoms with van der Waals surface area (Å²) >= 11 is 0. The molecular weight excluding hydrogens is 366 g/mol. The Morgan fingerprint density at radius 3 is 2.41 bits per heavy atom. The molecule has 1 saturated heterocycles. The molecule has 3 aromatic rings. The number of hydrogen-bond acceptors (Lipinski definition) is 7. The predicted molar refractivity (Wildman–Crippen MR) is 98.0 cm³/mol. The van der Waals surface area contributed by atoms with Crippen molar-refractivity contribution in [3.63, 3.8) is 0 Å². The number of aromatic nitrogens is 3. The van der Waals surface area contributed by atoms with E-state index in [1.54, 1.807) is 36.5 Å². The number of pyridine rings is 1. The molecule has 1 aliphatic heterocycles. The summed E-state index contributed by atoms with van der Waals surface area (Å²) in [5.74, 6) is 0.950. The fourth-order valence-corrected chi connectivity index (χ4v) is 4.42. The van der Waals surface area contributed by atoms with Crippen molar-refractivity contribution in [3.05, 3.63) is 60.6 Å². The van der Waals surface area contributed by atoms with Crippen LogP contribution in [0.15, 0.2) is 64.1 Å². The van der Waals surface area contributed by atoms with Crippen molar-refractivity contribution in [3.8, 4) is 11.5 Å². The van der Waals surface area contributed by atoms with Gasteiger partial charge in [-0.15, -0.1) is 0 Å². The molecule has 0 N–H and O–H groups in total. The molecule has 0 radical (unpaired) electrons. The lowest BCUT2D eigenvalue weighted by Gasteiger charge is -2.33. The summed E-state index contributed by atoms with van der Waals surface area (Å²) in [6.45, 7) is 2.55. The second-order valence-electron chi connectivity index (χ2n) is 6.22. The van der Waals surface area contributed by atoms with Gasteiger partial charge in [0.25, 0.3) is 0 Å². The summed E-state index contributed by atoms with van der Waals surface area (Å²) < 4.78 is 32.2. The first-order valence-electron chi connectivity index (χ1n) is 8.64. The lowest BCUT2D eigenvalue weighted by Crippen LogP contribution is -2.48. The molecule has 0 spiro atoms. The van der Waals surface area contributed by atoms with Crippen molar-refractivity contribution in [2.75, 3.05) is 26.2 Å². The maximum absolute atomic E-state index is 12.7. The second kappa shape index (κ2) is 7.55. The molecule has 4 rings (SSSR count). The zero-order valence-electron chi connectivity index (χ0n) is 14.6. The van der Waals surface area contributed by atoms with E-state index in [9.17, 15) is 8.42 Å². The van der Waals surface area contributed by atoms with Crippen LogP contribution in [0.2, 0.25) is 0 Å².